The standard InChI is InChI=1S/C23H22F3N7O2/c1-34-18-3-2-15(12-17(18)23(24,25)26)29-22-30-19(14-21(31-22)33-8-10-35-11-9-33)28-16-4-6-32-7-5-27-20(32)13-16/h2-7,12-14H,8-11H2,1H3,(H2,28,29,30,31). The first-order valence-corrected chi connectivity index (χ1v) is 10.8. The monoisotopic (exact) mass is 485 g/mol. The van der Waals surface area contributed by atoms with Gasteiger partial charge in [-0.25, -0.2) is 4.98 Å². The number of methoxy groups -OCH3 is 1. The van der Waals surface area contributed by atoms with Gasteiger partial charge in [0.2, 0.25) is 5.95 Å². The molecule has 1 aromatic carbocycles. The van der Waals surface area contributed by atoms with Crippen LogP contribution in [0.2, 0.25) is 0 Å². The molecule has 0 unspecified atom stereocenters. The van der Waals surface area contributed by atoms with Gasteiger partial charge in [-0.15, -0.1) is 0 Å². The summed E-state index contributed by atoms with van der Waals surface area (Å²) < 4.78 is 52.6. The Morgan fingerprint density at radius 1 is 0.971 bits per heavy atom. The lowest BCUT2D eigenvalue weighted by Crippen LogP contribution is -2.36. The molecule has 0 spiro atoms. The predicted octanol–water partition coefficient (Wildman–Crippen LogP) is 4.48. The van der Waals surface area contributed by atoms with Gasteiger partial charge in [0.25, 0.3) is 0 Å². The Balaban J connectivity index is 1.48. The largest absolute Gasteiger partial charge is 0.496 e. The van der Waals surface area contributed by atoms with Gasteiger partial charge < -0.3 is 29.4 Å². The normalized spacial score (nSPS) is 14.2. The molecule has 0 amide bonds. The number of nitrogens with one attached hydrogen (secondary N) is 2. The van der Waals surface area contributed by atoms with Crippen molar-refractivity contribution in [3.63, 3.8) is 0 Å². The van der Waals surface area contributed by atoms with Crippen molar-refractivity contribution >= 4 is 34.6 Å². The van der Waals surface area contributed by atoms with Gasteiger partial charge in [-0.3, -0.25) is 0 Å². The van der Waals surface area contributed by atoms with E-state index in [9.17, 15) is 13.2 Å². The zero-order valence-electron chi connectivity index (χ0n) is 18.7. The maximum atomic E-state index is 13.5. The number of hydrogen-bond donors (Lipinski definition) is 2. The lowest BCUT2D eigenvalue weighted by atomic mass is 10.1. The molecule has 182 valence electrons. The summed E-state index contributed by atoms with van der Waals surface area (Å²) in [5, 5.41) is 6.15. The molecule has 0 aliphatic carbocycles. The van der Waals surface area contributed by atoms with Gasteiger partial charge in [0.15, 0.2) is 0 Å². The van der Waals surface area contributed by atoms with Gasteiger partial charge in [0, 0.05) is 55.2 Å². The highest BCUT2D eigenvalue weighted by Crippen LogP contribution is 2.38. The molecule has 0 saturated carbocycles. The molecule has 0 radical (unpaired) electrons. The highest BCUT2D eigenvalue weighted by molar-refractivity contribution is 5.66. The van der Waals surface area contributed by atoms with E-state index < -0.39 is 11.7 Å². The van der Waals surface area contributed by atoms with Gasteiger partial charge in [-0.2, -0.15) is 23.1 Å². The molecular weight excluding hydrogens is 463 g/mol. The summed E-state index contributed by atoms with van der Waals surface area (Å²) in [6.07, 6.45) is 0.834. The minimum Gasteiger partial charge on any atom is -0.496 e. The Hall–Kier alpha value is -4.06. The van der Waals surface area contributed by atoms with Crippen molar-refractivity contribution < 1.29 is 22.6 Å². The van der Waals surface area contributed by atoms with Crippen molar-refractivity contribution in [1.29, 1.82) is 0 Å². The molecule has 1 fully saturated rings. The smallest absolute Gasteiger partial charge is 0.420 e. The van der Waals surface area contributed by atoms with Crippen molar-refractivity contribution in [2.45, 2.75) is 6.18 Å². The summed E-state index contributed by atoms with van der Waals surface area (Å²) in [4.78, 5) is 15.4. The lowest BCUT2D eigenvalue weighted by molar-refractivity contribution is -0.138. The molecular formula is C23H22F3N7O2. The van der Waals surface area contributed by atoms with Gasteiger partial charge >= 0.3 is 6.18 Å². The number of pyridine rings is 1. The van der Waals surface area contributed by atoms with Gasteiger partial charge in [-0.05, 0) is 24.3 Å². The van der Waals surface area contributed by atoms with Crippen LogP contribution >= 0.6 is 0 Å². The minimum absolute atomic E-state index is 0.150. The zero-order chi connectivity index (χ0) is 24.4. The molecule has 3 aromatic heterocycles. The third kappa shape index (κ3) is 5.06. The van der Waals surface area contributed by atoms with Crippen molar-refractivity contribution in [1.82, 2.24) is 19.4 Å². The molecule has 0 bridgehead atoms. The summed E-state index contributed by atoms with van der Waals surface area (Å²) in [5.74, 6) is 0.989. The van der Waals surface area contributed by atoms with Crippen molar-refractivity contribution in [2.24, 2.45) is 0 Å². The molecule has 4 aromatic rings. The molecule has 2 N–H and O–H groups in total. The first kappa shape index (κ1) is 22.7. The zero-order valence-corrected chi connectivity index (χ0v) is 18.7. The molecule has 4 heterocycles. The summed E-state index contributed by atoms with van der Waals surface area (Å²) in [5.41, 5.74) is 0.807. The fourth-order valence-corrected chi connectivity index (χ4v) is 3.78. The highest BCUT2D eigenvalue weighted by Gasteiger charge is 2.34. The van der Waals surface area contributed by atoms with Crippen LogP contribution in [-0.2, 0) is 10.9 Å². The number of fused-ring (bicyclic) bond motifs is 1. The number of ether oxygens (including phenoxy) is 2. The Kier molecular flexibility index (Phi) is 6.03. The minimum atomic E-state index is -4.57. The second-order valence-corrected chi connectivity index (χ2v) is 7.81. The highest BCUT2D eigenvalue weighted by atomic mass is 19.4. The fraction of sp³-hybridized carbons (Fsp3) is 0.261. The van der Waals surface area contributed by atoms with Crippen LogP contribution < -0.4 is 20.3 Å². The molecule has 5 rings (SSSR count). The number of halogens is 3. The third-order valence-corrected chi connectivity index (χ3v) is 5.48. The van der Waals surface area contributed by atoms with E-state index in [0.717, 1.165) is 17.4 Å². The first-order valence-electron chi connectivity index (χ1n) is 10.8. The van der Waals surface area contributed by atoms with E-state index in [0.29, 0.717) is 37.9 Å². The molecule has 1 aliphatic heterocycles. The molecule has 9 nitrogen and oxygen atoms in total. The Labute approximate surface area is 198 Å². The van der Waals surface area contributed by atoms with Crippen molar-refractivity contribution in [3.05, 3.63) is 60.6 Å². The Bertz CT molecular complexity index is 1340. The molecule has 1 saturated heterocycles. The van der Waals surface area contributed by atoms with E-state index in [2.05, 4.69) is 25.6 Å². The van der Waals surface area contributed by atoms with E-state index in [1.165, 1.54) is 19.2 Å². The molecule has 1 aliphatic rings. The van der Waals surface area contributed by atoms with E-state index in [-0.39, 0.29) is 17.4 Å². The second-order valence-electron chi connectivity index (χ2n) is 7.81. The van der Waals surface area contributed by atoms with E-state index >= 15 is 0 Å². The van der Waals surface area contributed by atoms with Crippen LogP contribution in [0.1, 0.15) is 5.56 Å². The third-order valence-electron chi connectivity index (χ3n) is 5.48. The van der Waals surface area contributed by atoms with Gasteiger partial charge in [-0.1, -0.05) is 0 Å². The van der Waals surface area contributed by atoms with Crippen LogP contribution in [0.5, 0.6) is 5.75 Å². The topological polar surface area (TPSA) is 88.8 Å². The molecule has 35 heavy (non-hydrogen) atoms. The fourth-order valence-electron chi connectivity index (χ4n) is 3.78. The van der Waals surface area contributed by atoms with Crippen molar-refractivity contribution in [3.8, 4) is 5.75 Å². The number of rotatable bonds is 6. The number of anilines is 5. The lowest BCUT2D eigenvalue weighted by Gasteiger charge is -2.28. The maximum absolute atomic E-state index is 13.5. The maximum Gasteiger partial charge on any atom is 0.420 e. The predicted molar refractivity (Wildman–Crippen MR) is 125 cm³/mol. The van der Waals surface area contributed by atoms with Crippen LogP contribution in [0.25, 0.3) is 5.65 Å². The van der Waals surface area contributed by atoms with Crippen LogP contribution in [0.3, 0.4) is 0 Å². The van der Waals surface area contributed by atoms with Crippen LogP contribution in [-0.4, -0.2) is 52.8 Å². The number of imidazole rings is 1. The second kappa shape index (κ2) is 9.29. The number of hydrogen-bond acceptors (Lipinski definition) is 8. The summed E-state index contributed by atoms with van der Waals surface area (Å²) in [7, 11) is 1.20. The van der Waals surface area contributed by atoms with E-state index in [1.54, 1.807) is 12.3 Å². The van der Waals surface area contributed by atoms with Crippen LogP contribution in [0.4, 0.5) is 42.1 Å². The summed E-state index contributed by atoms with van der Waals surface area (Å²) in [6, 6.07) is 9.25. The van der Waals surface area contributed by atoms with Gasteiger partial charge in [0.05, 0.1) is 25.9 Å². The van der Waals surface area contributed by atoms with Gasteiger partial charge in [0.1, 0.15) is 23.0 Å². The number of benzene rings is 1. The average molecular weight is 485 g/mol. The number of morpholine rings is 1. The molecule has 12 heteroatoms. The van der Waals surface area contributed by atoms with E-state index in [4.69, 9.17) is 9.47 Å². The Morgan fingerprint density at radius 3 is 2.54 bits per heavy atom. The summed E-state index contributed by atoms with van der Waals surface area (Å²) >= 11 is 0. The van der Waals surface area contributed by atoms with Crippen LogP contribution in [0.15, 0.2) is 55.0 Å². The van der Waals surface area contributed by atoms with Crippen LogP contribution in [0, 0.1) is 0 Å². The number of nitrogens with zero attached hydrogens (tertiary/aromatic N) is 5. The molecule has 0 atom stereocenters. The number of alkyl halides is 3. The SMILES string of the molecule is COc1ccc(Nc2nc(Nc3ccn4ccnc4c3)cc(N3CCOCC3)n2)cc1C(F)(F)F. The average Bonchev–Trinajstić information content (AvgIpc) is 3.32. The quantitative estimate of drug-likeness (QED) is 0.414. The first-order chi connectivity index (χ1) is 16.9. The number of aromatic nitrogens is 4. The van der Waals surface area contributed by atoms with Crippen molar-refractivity contribution in [2.75, 3.05) is 48.9 Å². The Morgan fingerprint density at radius 2 is 1.77 bits per heavy atom. The summed E-state index contributed by atoms with van der Waals surface area (Å²) in [6.45, 7) is 2.38. The van der Waals surface area contributed by atoms with E-state index in [1.807, 2.05) is 33.8 Å².